The molecule has 0 aliphatic rings. The summed E-state index contributed by atoms with van der Waals surface area (Å²) in [7, 11) is -3.79. The summed E-state index contributed by atoms with van der Waals surface area (Å²) in [6, 6.07) is 7.90. The van der Waals surface area contributed by atoms with Crippen LogP contribution in [-0.2, 0) is 10.0 Å². The predicted octanol–water partition coefficient (Wildman–Crippen LogP) is 1.48. The lowest BCUT2D eigenvalue weighted by Crippen LogP contribution is -2.14. The van der Waals surface area contributed by atoms with Crippen LogP contribution in [0.2, 0.25) is 0 Å². The molecular formula is C15H16N6O2S. The van der Waals surface area contributed by atoms with Gasteiger partial charge in [0.1, 0.15) is 4.90 Å². The Labute approximate surface area is 139 Å². The van der Waals surface area contributed by atoms with E-state index in [4.69, 9.17) is 5.14 Å². The fourth-order valence-electron chi connectivity index (χ4n) is 2.16. The van der Waals surface area contributed by atoms with E-state index in [0.717, 1.165) is 11.3 Å². The van der Waals surface area contributed by atoms with Crippen LogP contribution >= 0.6 is 0 Å². The van der Waals surface area contributed by atoms with Crippen LogP contribution in [0.1, 0.15) is 18.5 Å². The molecule has 0 saturated heterocycles. The summed E-state index contributed by atoms with van der Waals surface area (Å²) in [5.74, 6) is 0.327. The summed E-state index contributed by atoms with van der Waals surface area (Å²) in [4.78, 5) is 11.8. The lowest BCUT2D eigenvalue weighted by Gasteiger charge is -2.15. The van der Waals surface area contributed by atoms with Crippen molar-refractivity contribution in [1.29, 1.82) is 0 Å². The van der Waals surface area contributed by atoms with E-state index in [9.17, 15) is 8.42 Å². The lowest BCUT2D eigenvalue weighted by atomic mass is 10.1. The first kappa shape index (κ1) is 16.1. The van der Waals surface area contributed by atoms with Gasteiger partial charge >= 0.3 is 0 Å². The Hall–Kier alpha value is -2.78. The molecule has 0 fully saturated rings. The van der Waals surface area contributed by atoms with E-state index in [1.165, 1.54) is 12.4 Å². The van der Waals surface area contributed by atoms with Crippen LogP contribution in [0.5, 0.6) is 0 Å². The lowest BCUT2D eigenvalue weighted by molar-refractivity contribution is 0.597. The number of primary sulfonamides is 1. The number of benzene rings is 1. The van der Waals surface area contributed by atoms with E-state index in [0.29, 0.717) is 5.95 Å². The zero-order chi connectivity index (χ0) is 17.2. The maximum atomic E-state index is 11.2. The average molecular weight is 344 g/mol. The van der Waals surface area contributed by atoms with Crippen molar-refractivity contribution in [1.82, 2.24) is 19.5 Å². The Balaban J connectivity index is 1.71. The summed E-state index contributed by atoms with van der Waals surface area (Å²) in [5.41, 5.74) is 2.05. The van der Waals surface area contributed by atoms with Gasteiger partial charge in [-0.25, -0.2) is 28.5 Å². The molecule has 3 N–H and O–H groups in total. The molecule has 1 aromatic carbocycles. The summed E-state index contributed by atoms with van der Waals surface area (Å²) in [6.07, 6.45) is 7.69. The van der Waals surface area contributed by atoms with Crippen molar-refractivity contribution in [2.45, 2.75) is 17.9 Å². The molecule has 24 heavy (non-hydrogen) atoms. The van der Waals surface area contributed by atoms with Crippen molar-refractivity contribution in [2.75, 3.05) is 5.32 Å². The number of anilines is 1. The molecule has 3 rings (SSSR count). The molecule has 124 valence electrons. The van der Waals surface area contributed by atoms with Crippen molar-refractivity contribution in [3.63, 3.8) is 0 Å². The zero-order valence-electron chi connectivity index (χ0n) is 12.9. The molecule has 8 nitrogen and oxygen atoms in total. The van der Waals surface area contributed by atoms with E-state index in [1.54, 1.807) is 12.5 Å². The molecule has 0 aliphatic heterocycles. The standard InChI is InChI=1S/C15H16N6O2S/c1-11(20-15-18-8-14(9-19-15)24(16,22)23)12-2-4-13(5-3-12)21-7-6-17-10-21/h2-11H,1H3,(H2,16,22,23)(H,18,19,20)/t11-/m0/s1. The second kappa shape index (κ2) is 6.38. The Bertz CT molecular complexity index is 906. The van der Waals surface area contributed by atoms with Gasteiger partial charge in [0.2, 0.25) is 16.0 Å². The third-order valence-electron chi connectivity index (χ3n) is 3.50. The Morgan fingerprint density at radius 3 is 2.38 bits per heavy atom. The van der Waals surface area contributed by atoms with Crippen LogP contribution in [0.15, 0.2) is 60.3 Å². The van der Waals surface area contributed by atoms with Crippen molar-refractivity contribution in [3.8, 4) is 5.69 Å². The first-order chi connectivity index (χ1) is 11.4. The third kappa shape index (κ3) is 3.58. The smallest absolute Gasteiger partial charge is 0.241 e. The first-order valence-corrected chi connectivity index (χ1v) is 8.68. The molecule has 2 aromatic heterocycles. The fourth-order valence-corrected chi connectivity index (χ4v) is 2.56. The summed E-state index contributed by atoms with van der Waals surface area (Å²) < 4.78 is 24.3. The number of hydrogen-bond donors (Lipinski definition) is 2. The van der Waals surface area contributed by atoms with Crippen LogP contribution in [0.3, 0.4) is 0 Å². The van der Waals surface area contributed by atoms with E-state index in [1.807, 2.05) is 42.0 Å². The van der Waals surface area contributed by atoms with Crippen LogP contribution in [0.4, 0.5) is 5.95 Å². The molecule has 0 saturated carbocycles. The van der Waals surface area contributed by atoms with Crippen LogP contribution in [0, 0.1) is 0 Å². The highest BCUT2D eigenvalue weighted by molar-refractivity contribution is 7.89. The summed E-state index contributed by atoms with van der Waals surface area (Å²) >= 11 is 0. The Kier molecular flexibility index (Phi) is 4.28. The van der Waals surface area contributed by atoms with Gasteiger partial charge in [0.15, 0.2) is 0 Å². The van der Waals surface area contributed by atoms with E-state index in [2.05, 4.69) is 20.3 Å². The van der Waals surface area contributed by atoms with Gasteiger partial charge in [-0.15, -0.1) is 0 Å². The number of nitrogens with one attached hydrogen (secondary N) is 1. The molecule has 1 atom stereocenters. The topological polar surface area (TPSA) is 116 Å². The molecule has 0 aliphatic carbocycles. The highest BCUT2D eigenvalue weighted by Gasteiger charge is 2.11. The first-order valence-electron chi connectivity index (χ1n) is 7.13. The van der Waals surface area contributed by atoms with Gasteiger partial charge in [0, 0.05) is 18.1 Å². The Morgan fingerprint density at radius 1 is 1.17 bits per heavy atom. The van der Waals surface area contributed by atoms with E-state index < -0.39 is 10.0 Å². The molecular weight excluding hydrogens is 328 g/mol. The molecule has 0 bridgehead atoms. The minimum Gasteiger partial charge on any atom is -0.348 e. The van der Waals surface area contributed by atoms with Gasteiger partial charge in [-0.3, -0.25) is 0 Å². The van der Waals surface area contributed by atoms with Gasteiger partial charge in [0.25, 0.3) is 0 Å². The van der Waals surface area contributed by atoms with Crippen LogP contribution < -0.4 is 10.5 Å². The van der Waals surface area contributed by atoms with Crippen molar-refractivity contribution in [2.24, 2.45) is 5.14 Å². The number of aromatic nitrogens is 4. The highest BCUT2D eigenvalue weighted by atomic mass is 32.2. The van der Waals surface area contributed by atoms with Crippen LogP contribution in [0.25, 0.3) is 5.69 Å². The molecule has 0 spiro atoms. The zero-order valence-corrected chi connectivity index (χ0v) is 13.7. The van der Waals surface area contributed by atoms with Crippen LogP contribution in [-0.4, -0.2) is 27.9 Å². The third-order valence-corrected chi connectivity index (χ3v) is 4.37. The van der Waals surface area contributed by atoms with Gasteiger partial charge in [0.05, 0.1) is 24.8 Å². The highest BCUT2D eigenvalue weighted by Crippen LogP contribution is 2.19. The molecule has 0 amide bonds. The number of sulfonamides is 1. The quantitative estimate of drug-likeness (QED) is 0.724. The average Bonchev–Trinajstić information content (AvgIpc) is 3.09. The van der Waals surface area contributed by atoms with Gasteiger partial charge in [-0.1, -0.05) is 12.1 Å². The molecule has 0 radical (unpaired) electrons. The van der Waals surface area contributed by atoms with E-state index >= 15 is 0 Å². The normalized spacial score (nSPS) is 12.8. The van der Waals surface area contributed by atoms with Gasteiger partial charge in [-0.2, -0.15) is 0 Å². The second-order valence-electron chi connectivity index (χ2n) is 5.21. The second-order valence-corrected chi connectivity index (χ2v) is 6.78. The minimum absolute atomic E-state index is 0.0535. The maximum Gasteiger partial charge on any atom is 0.241 e. The predicted molar refractivity (Wildman–Crippen MR) is 89.0 cm³/mol. The van der Waals surface area contributed by atoms with Crippen molar-refractivity contribution < 1.29 is 8.42 Å². The largest absolute Gasteiger partial charge is 0.348 e. The fraction of sp³-hybridized carbons (Fsp3) is 0.133. The molecule has 2 heterocycles. The summed E-state index contributed by atoms with van der Waals surface area (Å²) in [6.45, 7) is 1.96. The number of nitrogens with zero attached hydrogens (tertiary/aromatic N) is 4. The summed E-state index contributed by atoms with van der Waals surface area (Å²) in [5, 5.41) is 8.13. The van der Waals surface area contributed by atoms with Gasteiger partial charge < -0.3 is 9.88 Å². The number of rotatable bonds is 5. The van der Waals surface area contributed by atoms with Crippen molar-refractivity contribution >= 4 is 16.0 Å². The molecule has 3 aromatic rings. The minimum atomic E-state index is -3.79. The number of hydrogen-bond acceptors (Lipinski definition) is 6. The molecule has 9 heteroatoms. The number of imidazole rings is 1. The molecule has 0 unspecified atom stereocenters. The maximum absolute atomic E-state index is 11.2. The van der Waals surface area contributed by atoms with E-state index in [-0.39, 0.29) is 10.9 Å². The number of nitrogens with two attached hydrogens (primary N) is 1. The van der Waals surface area contributed by atoms with Gasteiger partial charge in [-0.05, 0) is 24.6 Å². The monoisotopic (exact) mass is 344 g/mol. The SMILES string of the molecule is C[C@H](Nc1ncc(S(N)(=O)=O)cn1)c1ccc(-n2ccnc2)cc1. The van der Waals surface area contributed by atoms with Crippen molar-refractivity contribution in [3.05, 3.63) is 60.9 Å². The Morgan fingerprint density at radius 2 is 1.83 bits per heavy atom.